The fraction of sp³-hybridized carbons (Fsp3) is 0.538. The van der Waals surface area contributed by atoms with E-state index in [1.165, 1.54) is 18.5 Å². The van der Waals surface area contributed by atoms with Crippen molar-refractivity contribution in [2.75, 3.05) is 11.9 Å². The van der Waals surface area contributed by atoms with Crippen molar-refractivity contribution in [3.05, 3.63) is 30.3 Å². The van der Waals surface area contributed by atoms with E-state index in [0.717, 1.165) is 6.61 Å². The van der Waals surface area contributed by atoms with E-state index in [0.29, 0.717) is 17.6 Å². The SMILES string of the molecule is C[C@@]12CCO[C@@H]1C(Nc1ccccc1)C2. The maximum atomic E-state index is 5.78. The van der Waals surface area contributed by atoms with Crippen LogP contribution in [-0.4, -0.2) is 18.8 Å². The molecular weight excluding hydrogens is 186 g/mol. The van der Waals surface area contributed by atoms with E-state index in [4.69, 9.17) is 4.74 Å². The van der Waals surface area contributed by atoms with Crippen LogP contribution in [0.4, 0.5) is 5.69 Å². The van der Waals surface area contributed by atoms with Crippen molar-refractivity contribution in [1.82, 2.24) is 0 Å². The maximum absolute atomic E-state index is 5.78. The van der Waals surface area contributed by atoms with Gasteiger partial charge in [-0.15, -0.1) is 0 Å². The van der Waals surface area contributed by atoms with Gasteiger partial charge in [-0.25, -0.2) is 0 Å². The number of para-hydroxylation sites is 1. The number of hydrogen-bond acceptors (Lipinski definition) is 2. The Balaban J connectivity index is 1.67. The maximum Gasteiger partial charge on any atom is 0.0831 e. The zero-order valence-corrected chi connectivity index (χ0v) is 9.07. The molecule has 0 amide bonds. The van der Waals surface area contributed by atoms with Gasteiger partial charge in [0.2, 0.25) is 0 Å². The van der Waals surface area contributed by atoms with Gasteiger partial charge >= 0.3 is 0 Å². The first kappa shape index (κ1) is 9.22. The van der Waals surface area contributed by atoms with E-state index >= 15 is 0 Å². The van der Waals surface area contributed by atoms with Crippen LogP contribution in [0.5, 0.6) is 0 Å². The minimum Gasteiger partial charge on any atom is -0.380 e. The third kappa shape index (κ3) is 1.44. The summed E-state index contributed by atoms with van der Waals surface area (Å²) in [6.45, 7) is 3.28. The molecule has 15 heavy (non-hydrogen) atoms. The Hall–Kier alpha value is -1.02. The van der Waals surface area contributed by atoms with Crippen molar-refractivity contribution in [2.45, 2.75) is 31.9 Å². The molecule has 2 heteroatoms. The second kappa shape index (κ2) is 3.24. The average molecular weight is 203 g/mol. The molecule has 1 N–H and O–H groups in total. The molecular formula is C13H17NO. The molecule has 1 unspecified atom stereocenters. The number of fused-ring (bicyclic) bond motifs is 1. The zero-order chi connectivity index (χ0) is 10.3. The lowest BCUT2D eigenvalue weighted by Crippen LogP contribution is -2.55. The molecule has 80 valence electrons. The highest BCUT2D eigenvalue weighted by atomic mass is 16.5. The van der Waals surface area contributed by atoms with Crippen molar-refractivity contribution in [1.29, 1.82) is 0 Å². The molecule has 1 aromatic carbocycles. The molecule has 2 aliphatic rings. The van der Waals surface area contributed by atoms with Gasteiger partial charge in [0.05, 0.1) is 12.1 Å². The van der Waals surface area contributed by atoms with E-state index in [-0.39, 0.29) is 0 Å². The molecule has 0 radical (unpaired) electrons. The monoisotopic (exact) mass is 203 g/mol. The smallest absolute Gasteiger partial charge is 0.0831 e. The fourth-order valence-electron chi connectivity index (χ4n) is 2.91. The molecule has 2 nitrogen and oxygen atoms in total. The van der Waals surface area contributed by atoms with Gasteiger partial charge in [0.25, 0.3) is 0 Å². The summed E-state index contributed by atoms with van der Waals surface area (Å²) in [6.07, 6.45) is 2.90. The molecule has 1 saturated heterocycles. The largest absolute Gasteiger partial charge is 0.380 e. The Morgan fingerprint density at radius 2 is 2.13 bits per heavy atom. The van der Waals surface area contributed by atoms with Gasteiger partial charge in [0.1, 0.15) is 0 Å². The number of rotatable bonds is 2. The summed E-state index contributed by atoms with van der Waals surface area (Å²) in [6, 6.07) is 10.9. The highest BCUT2D eigenvalue weighted by Crippen LogP contribution is 2.50. The molecule has 1 heterocycles. The Kier molecular flexibility index (Phi) is 1.99. The normalized spacial score (nSPS) is 38.2. The molecule has 1 aliphatic heterocycles. The number of nitrogens with one attached hydrogen (secondary N) is 1. The summed E-state index contributed by atoms with van der Waals surface area (Å²) in [7, 11) is 0. The van der Waals surface area contributed by atoms with Crippen molar-refractivity contribution < 1.29 is 4.74 Å². The van der Waals surface area contributed by atoms with Crippen LogP contribution in [0.25, 0.3) is 0 Å². The number of ether oxygens (including phenoxy) is 1. The zero-order valence-electron chi connectivity index (χ0n) is 9.07. The van der Waals surface area contributed by atoms with E-state index in [2.05, 4.69) is 36.5 Å². The lowest BCUT2D eigenvalue weighted by atomic mass is 9.64. The summed E-state index contributed by atoms with van der Waals surface area (Å²) in [5, 5.41) is 3.55. The minimum absolute atomic E-state index is 0.428. The molecule has 0 aromatic heterocycles. The standard InChI is InChI=1S/C13H17NO/c1-13-7-8-15-12(13)11(9-13)14-10-5-3-2-4-6-10/h2-6,11-12,14H,7-9H2,1H3/t11?,12-,13+/m1/s1. The Morgan fingerprint density at radius 1 is 1.33 bits per heavy atom. The predicted octanol–water partition coefficient (Wildman–Crippen LogP) is 2.67. The first-order valence-corrected chi connectivity index (χ1v) is 5.71. The molecule has 3 rings (SSSR count). The first-order valence-electron chi connectivity index (χ1n) is 5.71. The topological polar surface area (TPSA) is 21.3 Å². The predicted molar refractivity (Wildman–Crippen MR) is 60.9 cm³/mol. The molecule has 0 bridgehead atoms. The summed E-state index contributed by atoms with van der Waals surface area (Å²) in [4.78, 5) is 0. The molecule has 1 aliphatic carbocycles. The lowest BCUT2D eigenvalue weighted by molar-refractivity contribution is -0.0321. The van der Waals surface area contributed by atoms with Gasteiger partial charge < -0.3 is 10.1 Å². The minimum atomic E-state index is 0.428. The van der Waals surface area contributed by atoms with Crippen molar-refractivity contribution in [2.24, 2.45) is 5.41 Å². The summed E-state index contributed by atoms with van der Waals surface area (Å²) in [5.74, 6) is 0. The van der Waals surface area contributed by atoms with Crippen LogP contribution < -0.4 is 5.32 Å². The van der Waals surface area contributed by atoms with Gasteiger partial charge in [0.15, 0.2) is 0 Å². The van der Waals surface area contributed by atoms with Crippen molar-refractivity contribution in [3.8, 4) is 0 Å². The average Bonchev–Trinajstić information content (AvgIpc) is 2.53. The van der Waals surface area contributed by atoms with Crippen LogP contribution in [0.15, 0.2) is 30.3 Å². The molecule has 0 spiro atoms. The van der Waals surface area contributed by atoms with E-state index < -0.39 is 0 Å². The summed E-state index contributed by atoms with van der Waals surface area (Å²) < 4.78 is 5.78. The Morgan fingerprint density at radius 3 is 2.87 bits per heavy atom. The second-order valence-electron chi connectivity index (χ2n) is 5.02. The molecule has 2 fully saturated rings. The summed E-state index contributed by atoms with van der Waals surface area (Å²) >= 11 is 0. The first-order chi connectivity index (χ1) is 7.28. The van der Waals surface area contributed by atoms with Crippen LogP contribution in [0.3, 0.4) is 0 Å². The number of benzene rings is 1. The molecule has 1 saturated carbocycles. The van der Waals surface area contributed by atoms with Gasteiger partial charge in [-0.05, 0) is 30.4 Å². The lowest BCUT2D eigenvalue weighted by Gasteiger charge is -2.48. The third-order valence-corrected chi connectivity index (χ3v) is 3.84. The fourth-order valence-corrected chi connectivity index (χ4v) is 2.91. The van der Waals surface area contributed by atoms with Gasteiger partial charge in [-0.2, -0.15) is 0 Å². The second-order valence-corrected chi connectivity index (χ2v) is 5.02. The van der Waals surface area contributed by atoms with Crippen molar-refractivity contribution in [3.63, 3.8) is 0 Å². The van der Waals surface area contributed by atoms with Crippen molar-refractivity contribution >= 4 is 5.69 Å². The van der Waals surface area contributed by atoms with Gasteiger partial charge in [-0.3, -0.25) is 0 Å². The van der Waals surface area contributed by atoms with E-state index in [9.17, 15) is 0 Å². The van der Waals surface area contributed by atoms with Crippen LogP contribution in [-0.2, 0) is 4.74 Å². The number of anilines is 1. The van der Waals surface area contributed by atoms with Gasteiger partial charge in [-0.1, -0.05) is 25.1 Å². The van der Waals surface area contributed by atoms with E-state index in [1.54, 1.807) is 0 Å². The Labute approximate surface area is 90.6 Å². The van der Waals surface area contributed by atoms with Crippen LogP contribution in [0.2, 0.25) is 0 Å². The highest BCUT2D eigenvalue weighted by Gasteiger charge is 2.54. The van der Waals surface area contributed by atoms with E-state index in [1.807, 2.05) is 6.07 Å². The van der Waals surface area contributed by atoms with Crippen LogP contribution in [0.1, 0.15) is 19.8 Å². The quantitative estimate of drug-likeness (QED) is 0.798. The van der Waals surface area contributed by atoms with Crippen LogP contribution >= 0.6 is 0 Å². The highest BCUT2D eigenvalue weighted by molar-refractivity contribution is 5.45. The third-order valence-electron chi connectivity index (χ3n) is 3.84. The van der Waals surface area contributed by atoms with Gasteiger partial charge in [0, 0.05) is 12.3 Å². The summed E-state index contributed by atoms with van der Waals surface area (Å²) in [5.41, 5.74) is 1.66. The van der Waals surface area contributed by atoms with Crippen LogP contribution in [0, 0.1) is 5.41 Å². The number of hydrogen-bond donors (Lipinski definition) is 1. The Bertz CT molecular complexity index is 351. The molecule has 1 aromatic rings. The molecule has 3 atom stereocenters.